The molecular formula is C13H20N2O3. The summed E-state index contributed by atoms with van der Waals surface area (Å²) in [5.41, 5.74) is 2.25. The molecule has 18 heavy (non-hydrogen) atoms. The fourth-order valence-corrected chi connectivity index (χ4v) is 1.39. The maximum Gasteiger partial charge on any atom is 0.317 e. The smallest absolute Gasteiger partial charge is 0.317 e. The lowest BCUT2D eigenvalue weighted by atomic mass is 10.1. The normalized spacial score (nSPS) is 9.94. The number of aryl methyl sites for hydroxylation is 1. The molecule has 2 amide bonds. The van der Waals surface area contributed by atoms with Crippen LogP contribution in [0.25, 0.3) is 0 Å². The number of methoxy groups -OCH3 is 1. The van der Waals surface area contributed by atoms with Crippen molar-refractivity contribution in [1.29, 1.82) is 0 Å². The molecule has 0 bridgehead atoms. The van der Waals surface area contributed by atoms with Gasteiger partial charge in [0, 0.05) is 13.7 Å². The van der Waals surface area contributed by atoms with Crippen LogP contribution in [0.1, 0.15) is 11.1 Å². The molecule has 0 saturated heterocycles. The van der Waals surface area contributed by atoms with Crippen LogP contribution in [0.3, 0.4) is 0 Å². The van der Waals surface area contributed by atoms with Crippen LogP contribution in [0.2, 0.25) is 0 Å². The van der Waals surface area contributed by atoms with Crippen LogP contribution in [-0.4, -0.2) is 33.0 Å². The van der Waals surface area contributed by atoms with Crippen LogP contribution in [-0.2, 0) is 4.74 Å². The molecule has 0 atom stereocenters. The Balaban J connectivity index is 2.29. The molecule has 100 valence electrons. The molecule has 0 spiro atoms. The summed E-state index contributed by atoms with van der Waals surface area (Å²) in [5, 5.41) is 5.25. The van der Waals surface area contributed by atoms with Gasteiger partial charge >= 0.3 is 6.03 Å². The van der Waals surface area contributed by atoms with E-state index in [-0.39, 0.29) is 12.8 Å². The lowest BCUT2D eigenvalue weighted by molar-refractivity contribution is 0.192. The lowest BCUT2D eigenvalue weighted by Crippen LogP contribution is -2.39. The maximum atomic E-state index is 11.3. The van der Waals surface area contributed by atoms with Crippen molar-refractivity contribution >= 4 is 6.03 Å². The molecule has 0 fully saturated rings. The van der Waals surface area contributed by atoms with Gasteiger partial charge in [0.2, 0.25) is 0 Å². The highest BCUT2D eigenvalue weighted by Crippen LogP contribution is 2.19. The minimum absolute atomic E-state index is 0.142. The zero-order valence-corrected chi connectivity index (χ0v) is 11.1. The van der Waals surface area contributed by atoms with E-state index in [0.29, 0.717) is 13.2 Å². The molecule has 5 nitrogen and oxygen atoms in total. The quantitative estimate of drug-likeness (QED) is 0.597. The third-order valence-corrected chi connectivity index (χ3v) is 2.61. The minimum Gasteiger partial charge on any atom is -0.473 e. The number of ether oxygens (including phenoxy) is 2. The van der Waals surface area contributed by atoms with Gasteiger partial charge in [-0.1, -0.05) is 12.1 Å². The van der Waals surface area contributed by atoms with Gasteiger partial charge in [0.15, 0.2) is 6.73 Å². The summed E-state index contributed by atoms with van der Waals surface area (Å²) in [6.45, 7) is 5.12. The Morgan fingerprint density at radius 2 is 2.06 bits per heavy atom. The van der Waals surface area contributed by atoms with Gasteiger partial charge in [-0.25, -0.2) is 4.79 Å². The summed E-state index contributed by atoms with van der Waals surface area (Å²) in [7, 11) is 1.59. The molecule has 1 aromatic rings. The van der Waals surface area contributed by atoms with Crippen LogP contribution >= 0.6 is 0 Å². The fraction of sp³-hybridized carbons (Fsp3) is 0.462. The topological polar surface area (TPSA) is 59.6 Å². The second kappa shape index (κ2) is 7.55. The van der Waals surface area contributed by atoms with Crippen molar-refractivity contribution in [3.63, 3.8) is 0 Å². The van der Waals surface area contributed by atoms with Crippen LogP contribution < -0.4 is 15.4 Å². The van der Waals surface area contributed by atoms with Crippen LogP contribution in [0, 0.1) is 13.8 Å². The fourth-order valence-electron chi connectivity index (χ4n) is 1.39. The maximum absolute atomic E-state index is 11.3. The Bertz CT molecular complexity index is 394. The molecule has 1 rings (SSSR count). The number of amides is 2. The van der Waals surface area contributed by atoms with Gasteiger partial charge in [-0.15, -0.1) is 0 Å². The second-order valence-corrected chi connectivity index (χ2v) is 3.91. The average Bonchev–Trinajstić information content (AvgIpc) is 2.35. The molecule has 5 heteroatoms. The molecule has 1 aromatic carbocycles. The number of carbonyl (C=O) groups excluding carboxylic acids is 1. The molecule has 0 radical (unpaired) electrons. The molecule has 0 unspecified atom stereocenters. The van der Waals surface area contributed by atoms with E-state index < -0.39 is 0 Å². The lowest BCUT2D eigenvalue weighted by Gasteiger charge is -2.12. The van der Waals surface area contributed by atoms with Crippen LogP contribution in [0.15, 0.2) is 18.2 Å². The molecule has 0 heterocycles. The first-order valence-corrected chi connectivity index (χ1v) is 5.84. The number of rotatable bonds is 6. The molecular weight excluding hydrogens is 232 g/mol. The summed E-state index contributed by atoms with van der Waals surface area (Å²) < 4.78 is 10.3. The van der Waals surface area contributed by atoms with Gasteiger partial charge in [0.05, 0.1) is 6.61 Å². The highest BCUT2D eigenvalue weighted by atomic mass is 16.5. The van der Waals surface area contributed by atoms with Crippen molar-refractivity contribution in [1.82, 2.24) is 10.6 Å². The number of nitrogens with one attached hydrogen (secondary N) is 2. The van der Waals surface area contributed by atoms with E-state index in [1.807, 2.05) is 32.0 Å². The number of benzene rings is 1. The average molecular weight is 252 g/mol. The van der Waals surface area contributed by atoms with Gasteiger partial charge in [-0.05, 0) is 31.0 Å². The largest absolute Gasteiger partial charge is 0.473 e. The van der Waals surface area contributed by atoms with Crippen molar-refractivity contribution in [2.45, 2.75) is 13.8 Å². The molecule has 2 N–H and O–H groups in total. The minimum atomic E-state index is -0.266. The van der Waals surface area contributed by atoms with E-state index in [9.17, 15) is 4.79 Å². The summed E-state index contributed by atoms with van der Waals surface area (Å²) in [4.78, 5) is 11.3. The summed E-state index contributed by atoms with van der Waals surface area (Å²) >= 11 is 0. The Hall–Kier alpha value is -1.75. The second-order valence-electron chi connectivity index (χ2n) is 3.91. The summed E-state index contributed by atoms with van der Waals surface area (Å²) in [6, 6.07) is 5.56. The first-order chi connectivity index (χ1) is 8.65. The van der Waals surface area contributed by atoms with E-state index in [2.05, 4.69) is 10.6 Å². The highest BCUT2D eigenvalue weighted by Gasteiger charge is 2.02. The predicted octanol–water partition coefficient (Wildman–Crippen LogP) is 1.59. The molecule has 0 aliphatic carbocycles. The summed E-state index contributed by atoms with van der Waals surface area (Å²) in [6.07, 6.45) is 0. The van der Waals surface area contributed by atoms with Crippen LogP contribution in [0.5, 0.6) is 5.75 Å². The molecule has 0 aliphatic heterocycles. The number of carbonyl (C=O) groups is 1. The van der Waals surface area contributed by atoms with Gasteiger partial charge < -0.3 is 20.1 Å². The standard InChI is InChI=1S/C13H20N2O3/c1-10-5-4-6-12(11(10)2)18-9-15-13(16)14-7-8-17-3/h4-6H,7-9H2,1-3H3,(H2,14,15,16). The van der Waals surface area contributed by atoms with Crippen LogP contribution in [0.4, 0.5) is 4.79 Å². The first kappa shape index (κ1) is 14.3. The Kier molecular flexibility index (Phi) is 6.00. The van der Waals surface area contributed by atoms with Crippen molar-refractivity contribution in [2.75, 3.05) is 27.0 Å². The number of hydrogen-bond donors (Lipinski definition) is 2. The Morgan fingerprint density at radius 3 is 2.78 bits per heavy atom. The Labute approximate surface area is 107 Å². The van der Waals surface area contributed by atoms with Crippen molar-refractivity contribution in [3.05, 3.63) is 29.3 Å². The predicted molar refractivity (Wildman–Crippen MR) is 69.8 cm³/mol. The summed E-state index contributed by atoms with van der Waals surface area (Å²) in [5.74, 6) is 0.784. The van der Waals surface area contributed by atoms with Gasteiger partial charge in [0.1, 0.15) is 5.75 Å². The monoisotopic (exact) mass is 252 g/mol. The SMILES string of the molecule is COCCNC(=O)NCOc1cccc(C)c1C. The van der Waals surface area contributed by atoms with Gasteiger partial charge in [0.25, 0.3) is 0 Å². The van der Waals surface area contributed by atoms with Crippen molar-refractivity contribution < 1.29 is 14.3 Å². The molecule has 0 aliphatic rings. The Morgan fingerprint density at radius 1 is 1.28 bits per heavy atom. The number of urea groups is 1. The van der Waals surface area contributed by atoms with Gasteiger partial charge in [-0.3, -0.25) is 0 Å². The van der Waals surface area contributed by atoms with E-state index in [4.69, 9.17) is 9.47 Å². The van der Waals surface area contributed by atoms with Crippen molar-refractivity contribution in [2.24, 2.45) is 0 Å². The third kappa shape index (κ3) is 4.63. The van der Waals surface area contributed by atoms with E-state index >= 15 is 0 Å². The van der Waals surface area contributed by atoms with E-state index in [1.165, 1.54) is 0 Å². The van der Waals surface area contributed by atoms with Crippen molar-refractivity contribution in [3.8, 4) is 5.75 Å². The van der Waals surface area contributed by atoms with Gasteiger partial charge in [-0.2, -0.15) is 0 Å². The first-order valence-electron chi connectivity index (χ1n) is 5.84. The molecule has 0 saturated carbocycles. The van der Waals surface area contributed by atoms with E-state index in [1.54, 1.807) is 7.11 Å². The molecule has 0 aromatic heterocycles. The third-order valence-electron chi connectivity index (χ3n) is 2.61. The highest BCUT2D eigenvalue weighted by molar-refractivity contribution is 5.73. The zero-order chi connectivity index (χ0) is 13.4. The number of hydrogen-bond acceptors (Lipinski definition) is 3. The zero-order valence-electron chi connectivity index (χ0n) is 11.1. The van der Waals surface area contributed by atoms with E-state index in [0.717, 1.165) is 16.9 Å².